The van der Waals surface area contributed by atoms with Gasteiger partial charge in [-0.05, 0) is 44.2 Å². The highest BCUT2D eigenvalue weighted by molar-refractivity contribution is 4.79. The van der Waals surface area contributed by atoms with Crippen LogP contribution in [-0.2, 0) is 4.74 Å². The fraction of sp³-hybridized carbons (Fsp3) is 1.00. The average Bonchev–Trinajstić information content (AvgIpc) is 2.78. The van der Waals surface area contributed by atoms with E-state index >= 15 is 0 Å². The smallest absolute Gasteiger partial charge is 0.0471 e. The van der Waals surface area contributed by atoms with Gasteiger partial charge < -0.3 is 15.0 Å². The van der Waals surface area contributed by atoms with Crippen LogP contribution in [0.25, 0.3) is 0 Å². The van der Waals surface area contributed by atoms with Crippen LogP contribution in [-0.4, -0.2) is 50.8 Å². The fourth-order valence-corrected chi connectivity index (χ4v) is 2.67. The predicted molar refractivity (Wildman–Crippen MR) is 66.7 cm³/mol. The number of likely N-dealkylation sites (tertiary alicyclic amines) is 1. The van der Waals surface area contributed by atoms with Gasteiger partial charge in [-0.3, -0.25) is 0 Å². The Morgan fingerprint density at radius 3 is 2.56 bits per heavy atom. The van der Waals surface area contributed by atoms with Crippen LogP contribution in [0.5, 0.6) is 0 Å². The molecule has 0 aliphatic carbocycles. The largest absolute Gasteiger partial charge is 0.381 e. The van der Waals surface area contributed by atoms with Crippen molar-refractivity contribution < 1.29 is 4.74 Å². The standard InChI is InChI=1S/C13H26N2O/c1-13(4-10-16-11-5-13)12-14-6-9-15-7-2-3-8-15/h14H,2-12H2,1H3. The van der Waals surface area contributed by atoms with Crippen LogP contribution in [0.1, 0.15) is 32.6 Å². The predicted octanol–water partition coefficient (Wildman–Crippen LogP) is 1.49. The molecule has 94 valence electrons. The molecule has 0 spiro atoms. The Bertz CT molecular complexity index is 196. The summed E-state index contributed by atoms with van der Waals surface area (Å²) >= 11 is 0. The topological polar surface area (TPSA) is 24.5 Å². The summed E-state index contributed by atoms with van der Waals surface area (Å²) in [7, 11) is 0. The molecular formula is C13H26N2O. The highest BCUT2D eigenvalue weighted by Gasteiger charge is 2.26. The van der Waals surface area contributed by atoms with Crippen molar-refractivity contribution in [1.82, 2.24) is 10.2 Å². The van der Waals surface area contributed by atoms with Gasteiger partial charge in [0.2, 0.25) is 0 Å². The van der Waals surface area contributed by atoms with Gasteiger partial charge >= 0.3 is 0 Å². The van der Waals surface area contributed by atoms with Crippen LogP contribution >= 0.6 is 0 Å². The maximum Gasteiger partial charge on any atom is 0.0471 e. The second kappa shape index (κ2) is 5.99. The molecule has 16 heavy (non-hydrogen) atoms. The third-order valence-electron chi connectivity index (χ3n) is 4.06. The van der Waals surface area contributed by atoms with Crippen LogP contribution < -0.4 is 5.32 Å². The summed E-state index contributed by atoms with van der Waals surface area (Å²) in [5, 5.41) is 3.63. The lowest BCUT2D eigenvalue weighted by Crippen LogP contribution is -2.39. The van der Waals surface area contributed by atoms with E-state index in [1.54, 1.807) is 0 Å². The zero-order chi connectivity index (χ0) is 11.3. The molecule has 2 rings (SSSR count). The quantitative estimate of drug-likeness (QED) is 0.719. The molecule has 0 saturated carbocycles. The molecule has 2 heterocycles. The molecule has 0 atom stereocenters. The summed E-state index contributed by atoms with van der Waals surface area (Å²) < 4.78 is 5.42. The molecule has 2 aliphatic heterocycles. The summed E-state index contributed by atoms with van der Waals surface area (Å²) in [6.07, 6.45) is 5.22. The van der Waals surface area contributed by atoms with Crippen LogP contribution in [0, 0.1) is 5.41 Å². The molecule has 2 saturated heterocycles. The second-order valence-electron chi connectivity index (χ2n) is 5.65. The van der Waals surface area contributed by atoms with E-state index in [1.807, 2.05) is 0 Å². The van der Waals surface area contributed by atoms with Crippen molar-refractivity contribution in [3.8, 4) is 0 Å². The zero-order valence-corrected chi connectivity index (χ0v) is 10.6. The molecular weight excluding hydrogens is 200 g/mol. The first kappa shape index (κ1) is 12.3. The summed E-state index contributed by atoms with van der Waals surface area (Å²) in [6.45, 7) is 10.4. The zero-order valence-electron chi connectivity index (χ0n) is 10.6. The minimum absolute atomic E-state index is 0.475. The molecule has 0 aromatic rings. The van der Waals surface area contributed by atoms with Crippen molar-refractivity contribution >= 4 is 0 Å². The fourth-order valence-electron chi connectivity index (χ4n) is 2.67. The first-order valence-electron chi connectivity index (χ1n) is 6.79. The number of rotatable bonds is 5. The van der Waals surface area contributed by atoms with Crippen molar-refractivity contribution in [2.24, 2.45) is 5.41 Å². The molecule has 0 unspecified atom stereocenters. The molecule has 0 bridgehead atoms. The molecule has 2 fully saturated rings. The third kappa shape index (κ3) is 3.72. The summed E-state index contributed by atoms with van der Waals surface area (Å²) in [5.41, 5.74) is 0.475. The van der Waals surface area contributed by atoms with Crippen LogP contribution in [0.2, 0.25) is 0 Å². The van der Waals surface area contributed by atoms with Crippen molar-refractivity contribution in [2.45, 2.75) is 32.6 Å². The van der Waals surface area contributed by atoms with Gasteiger partial charge in [-0.25, -0.2) is 0 Å². The highest BCUT2D eigenvalue weighted by Crippen LogP contribution is 2.28. The lowest BCUT2D eigenvalue weighted by molar-refractivity contribution is 0.0240. The number of hydrogen-bond donors (Lipinski definition) is 1. The Balaban J connectivity index is 1.56. The Morgan fingerprint density at radius 2 is 1.88 bits per heavy atom. The number of nitrogens with one attached hydrogen (secondary N) is 1. The first-order valence-corrected chi connectivity index (χ1v) is 6.79. The van der Waals surface area contributed by atoms with Gasteiger partial charge in [-0.1, -0.05) is 6.92 Å². The van der Waals surface area contributed by atoms with Gasteiger partial charge in [-0.15, -0.1) is 0 Å². The second-order valence-corrected chi connectivity index (χ2v) is 5.65. The Labute approximate surface area is 99.5 Å². The summed E-state index contributed by atoms with van der Waals surface area (Å²) in [4.78, 5) is 2.57. The summed E-state index contributed by atoms with van der Waals surface area (Å²) in [6, 6.07) is 0. The van der Waals surface area contributed by atoms with E-state index in [-0.39, 0.29) is 0 Å². The van der Waals surface area contributed by atoms with Crippen molar-refractivity contribution in [1.29, 1.82) is 0 Å². The Morgan fingerprint density at radius 1 is 1.19 bits per heavy atom. The molecule has 0 aromatic carbocycles. The van der Waals surface area contributed by atoms with Gasteiger partial charge in [0.15, 0.2) is 0 Å². The highest BCUT2D eigenvalue weighted by atomic mass is 16.5. The number of nitrogens with zero attached hydrogens (tertiary/aromatic N) is 1. The van der Waals surface area contributed by atoms with Crippen molar-refractivity contribution in [2.75, 3.05) is 45.9 Å². The van der Waals surface area contributed by atoms with E-state index in [1.165, 1.54) is 45.3 Å². The van der Waals surface area contributed by atoms with Gasteiger partial charge in [0.05, 0.1) is 0 Å². The molecule has 3 nitrogen and oxygen atoms in total. The van der Waals surface area contributed by atoms with Gasteiger partial charge in [-0.2, -0.15) is 0 Å². The van der Waals surface area contributed by atoms with Crippen LogP contribution in [0.3, 0.4) is 0 Å². The van der Waals surface area contributed by atoms with Crippen molar-refractivity contribution in [3.05, 3.63) is 0 Å². The monoisotopic (exact) mass is 226 g/mol. The first-order chi connectivity index (χ1) is 7.79. The van der Waals surface area contributed by atoms with Gasteiger partial charge in [0, 0.05) is 32.8 Å². The minimum atomic E-state index is 0.475. The van der Waals surface area contributed by atoms with E-state index < -0.39 is 0 Å². The van der Waals surface area contributed by atoms with E-state index in [0.29, 0.717) is 5.41 Å². The molecule has 0 aromatic heterocycles. The maximum atomic E-state index is 5.42. The molecule has 0 amide bonds. The average molecular weight is 226 g/mol. The van der Waals surface area contributed by atoms with Crippen molar-refractivity contribution in [3.63, 3.8) is 0 Å². The van der Waals surface area contributed by atoms with E-state index in [4.69, 9.17) is 4.74 Å². The van der Waals surface area contributed by atoms with Gasteiger partial charge in [0.1, 0.15) is 0 Å². The Kier molecular flexibility index (Phi) is 4.62. The SMILES string of the molecule is CC1(CNCCN2CCCC2)CCOCC1. The minimum Gasteiger partial charge on any atom is -0.381 e. The van der Waals surface area contributed by atoms with E-state index in [9.17, 15) is 0 Å². The lowest BCUT2D eigenvalue weighted by atomic mass is 9.82. The number of ether oxygens (including phenoxy) is 1. The van der Waals surface area contributed by atoms with Gasteiger partial charge in [0.25, 0.3) is 0 Å². The molecule has 3 heteroatoms. The normalized spacial score (nSPS) is 26.1. The lowest BCUT2D eigenvalue weighted by Gasteiger charge is -2.34. The molecule has 0 radical (unpaired) electrons. The Hall–Kier alpha value is -0.120. The molecule has 2 aliphatic rings. The van der Waals surface area contributed by atoms with E-state index in [2.05, 4.69) is 17.1 Å². The van der Waals surface area contributed by atoms with Crippen LogP contribution in [0.15, 0.2) is 0 Å². The van der Waals surface area contributed by atoms with E-state index in [0.717, 1.165) is 26.3 Å². The molecule has 1 N–H and O–H groups in total. The summed E-state index contributed by atoms with van der Waals surface area (Å²) in [5.74, 6) is 0. The third-order valence-corrected chi connectivity index (χ3v) is 4.06. The maximum absolute atomic E-state index is 5.42. The number of hydrogen-bond acceptors (Lipinski definition) is 3. The van der Waals surface area contributed by atoms with Crippen LogP contribution in [0.4, 0.5) is 0 Å².